The predicted octanol–water partition coefficient (Wildman–Crippen LogP) is 0.788. The minimum absolute atomic E-state index is 0.148. The normalized spacial score (nSPS) is 15.4. The molecule has 1 aromatic rings. The lowest BCUT2D eigenvalue weighted by Gasteiger charge is -2.15. The molecule has 4 heteroatoms. The lowest BCUT2D eigenvalue weighted by Crippen LogP contribution is -2.25. The zero-order valence-corrected chi connectivity index (χ0v) is 7.37. The van der Waals surface area contributed by atoms with Crippen LogP contribution in [-0.4, -0.2) is 11.1 Å². The Hall–Kier alpha value is -1.13. The molecule has 0 fully saturated rings. The molecule has 13 heavy (non-hydrogen) atoms. The van der Waals surface area contributed by atoms with Crippen LogP contribution in [0.3, 0.4) is 0 Å². The van der Waals surface area contributed by atoms with E-state index in [2.05, 4.69) is 0 Å². The summed E-state index contributed by atoms with van der Waals surface area (Å²) in [4.78, 5) is 0. The van der Waals surface area contributed by atoms with E-state index in [9.17, 15) is 9.50 Å². The van der Waals surface area contributed by atoms with Gasteiger partial charge in [-0.15, -0.1) is 0 Å². The van der Waals surface area contributed by atoms with Gasteiger partial charge >= 0.3 is 0 Å². The van der Waals surface area contributed by atoms with Gasteiger partial charge in [-0.3, -0.25) is 0 Å². The number of hydrogen-bond acceptors (Lipinski definition) is 3. The number of halogens is 1. The molecule has 0 amide bonds. The zero-order valence-electron chi connectivity index (χ0n) is 7.37. The summed E-state index contributed by atoms with van der Waals surface area (Å²) in [7, 11) is 0. The predicted molar refractivity (Wildman–Crippen MR) is 49.4 cm³/mol. The van der Waals surface area contributed by atoms with E-state index < -0.39 is 18.0 Å². The number of aliphatic hydroxyl groups is 1. The van der Waals surface area contributed by atoms with Crippen LogP contribution < -0.4 is 11.5 Å². The third-order valence-electron chi connectivity index (χ3n) is 1.84. The Bertz CT molecular complexity index is 302. The van der Waals surface area contributed by atoms with Crippen LogP contribution in [0, 0.1) is 5.82 Å². The van der Waals surface area contributed by atoms with Crippen molar-refractivity contribution in [2.24, 2.45) is 5.73 Å². The fourth-order valence-corrected chi connectivity index (χ4v) is 1.07. The van der Waals surface area contributed by atoms with E-state index >= 15 is 0 Å². The molecular weight excluding hydrogens is 171 g/mol. The van der Waals surface area contributed by atoms with Gasteiger partial charge in [-0.2, -0.15) is 0 Å². The van der Waals surface area contributed by atoms with Gasteiger partial charge in [0, 0.05) is 17.3 Å². The maximum Gasteiger partial charge on any atom is 0.129 e. The van der Waals surface area contributed by atoms with Crippen molar-refractivity contribution in [2.45, 2.75) is 19.1 Å². The average Bonchev–Trinajstić information content (AvgIpc) is 2.08. The summed E-state index contributed by atoms with van der Waals surface area (Å²) in [5, 5.41) is 9.48. The Balaban J connectivity index is 3.05. The maximum absolute atomic E-state index is 13.1. The molecule has 0 bridgehead atoms. The van der Waals surface area contributed by atoms with E-state index in [1.807, 2.05) is 0 Å². The van der Waals surface area contributed by atoms with Crippen molar-refractivity contribution in [3.05, 3.63) is 29.6 Å². The second-order valence-corrected chi connectivity index (χ2v) is 3.08. The Morgan fingerprint density at radius 2 is 2.08 bits per heavy atom. The van der Waals surface area contributed by atoms with Crippen LogP contribution in [0.5, 0.6) is 0 Å². The summed E-state index contributed by atoms with van der Waals surface area (Å²) >= 11 is 0. The molecule has 0 aliphatic heterocycles. The highest BCUT2D eigenvalue weighted by molar-refractivity contribution is 5.42. The lowest BCUT2D eigenvalue weighted by molar-refractivity contribution is 0.149. The van der Waals surface area contributed by atoms with E-state index in [0.29, 0.717) is 5.69 Å². The van der Waals surface area contributed by atoms with Gasteiger partial charge < -0.3 is 16.6 Å². The molecular formula is C9H13FN2O. The van der Waals surface area contributed by atoms with E-state index in [0.717, 1.165) is 0 Å². The molecule has 0 unspecified atom stereocenters. The van der Waals surface area contributed by atoms with Crippen molar-refractivity contribution in [2.75, 3.05) is 5.73 Å². The highest BCUT2D eigenvalue weighted by Crippen LogP contribution is 2.21. The number of rotatable bonds is 2. The second kappa shape index (κ2) is 3.72. The lowest BCUT2D eigenvalue weighted by atomic mass is 10.0. The van der Waals surface area contributed by atoms with Crippen LogP contribution in [0.15, 0.2) is 18.2 Å². The number of nitrogens with two attached hydrogens (primary N) is 2. The average molecular weight is 184 g/mol. The third-order valence-corrected chi connectivity index (χ3v) is 1.84. The maximum atomic E-state index is 13.1. The highest BCUT2D eigenvalue weighted by Gasteiger charge is 2.16. The van der Waals surface area contributed by atoms with Crippen LogP contribution in [0.2, 0.25) is 0 Å². The SMILES string of the molecule is C[C@H](N)[C@H](O)c1cc(N)ccc1F. The van der Waals surface area contributed by atoms with E-state index in [1.54, 1.807) is 6.92 Å². The standard InChI is InChI=1S/C9H13FN2O/c1-5(11)9(13)7-4-6(12)2-3-8(7)10/h2-5,9,13H,11-12H2,1H3/t5-,9-/m0/s1. The van der Waals surface area contributed by atoms with E-state index in [4.69, 9.17) is 11.5 Å². The van der Waals surface area contributed by atoms with Crippen LogP contribution in [0.1, 0.15) is 18.6 Å². The van der Waals surface area contributed by atoms with Gasteiger partial charge in [0.15, 0.2) is 0 Å². The molecule has 0 saturated carbocycles. The van der Waals surface area contributed by atoms with Gasteiger partial charge in [0.2, 0.25) is 0 Å². The van der Waals surface area contributed by atoms with Crippen molar-refractivity contribution in [1.29, 1.82) is 0 Å². The minimum atomic E-state index is -1.01. The molecule has 0 saturated heterocycles. The largest absolute Gasteiger partial charge is 0.399 e. The van der Waals surface area contributed by atoms with Crippen LogP contribution in [0.25, 0.3) is 0 Å². The summed E-state index contributed by atoms with van der Waals surface area (Å²) in [6.07, 6.45) is -1.01. The number of hydrogen-bond donors (Lipinski definition) is 3. The first kappa shape index (κ1) is 9.95. The number of benzene rings is 1. The van der Waals surface area contributed by atoms with Gasteiger partial charge in [-0.25, -0.2) is 4.39 Å². The molecule has 72 valence electrons. The molecule has 1 aromatic carbocycles. The molecule has 1 rings (SSSR count). The molecule has 0 heterocycles. The Morgan fingerprint density at radius 3 is 2.62 bits per heavy atom. The van der Waals surface area contributed by atoms with Crippen molar-refractivity contribution >= 4 is 5.69 Å². The van der Waals surface area contributed by atoms with Gasteiger partial charge in [-0.05, 0) is 25.1 Å². The highest BCUT2D eigenvalue weighted by atomic mass is 19.1. The molecule has 0 aliphatic rings. The molecule has 0 spiro atoms. The molecule has 5 N–H and O–H groups in total. The van der Waals surface area contributed by atoms with Crippen LogP contribution in [-0.2, 0) is 0 Å². The molecule has 3 nitrogen and oxygen atoms in total. The van der Waals surface area contributed by atoms with Crippen molar-refractivity contribution in [1.82, 2.24) is 0 Å². The Kier molecular flexibility index (Phi) is 2.85. The van der Waals surface area contributed by atoms with E-state index in [-0.39, 0.29) is 5.56 Å². The first-order valence-electron chi connectivity index (χ1n) is 4.01. The minimum Gasteiger partial charge on any atom is -0.399 e. The quantitative estimate of drug-likeness (QED) is 0.595. The second-order valence-electron chi connectivity index (χ2n) is 3.08. The molecule has 2 atom stereocenters. The monoisotopic (exact) mass is 184 g/mol. The van der Waals surface area contributed by atoms with Crippen molar-refractivity contribution in [3.63, 3.8) is 0 Å². The number of anilines is 1. The fourth-order valence-electron chi connectivity index (χ4n) is 1.07. The van der Waals surface area contributed by atoms with E-state index in [1.165, 1.54) is 18.2 Å². The molecule has 0 aliphatic carbocycles. The molecule has 0 radical (unpaired) electrons. The Labute approximate surface area is 76.2 Å². The van der Waals surface area contributed by atoms with Crippen molar-refractivity contribution < 1.29 is 9.50 Å². The van der Waals surface area contributed by atoms with Gasteiger partial charge in [0.1, 0.15) is 5.82 Å². The Morgan fingerprint density at radius 1 is 1.46 bits per heavy atom. The first-order valence-corrected chi connectivity index (χ1v) is 4.01. The van der Waals surface area contributed by atoms with Gasteiger partial charge in [-0.1, -0.05) is 0 Å². The van der Waals surface area contributed by atoms with Gasteiger partial charge in [0.25, 0.3) is 0 Å². The number of aliphatic hydroxyl groups excluding tert-OH is 1. The number of nitrogen functional groups attached to an aromatic ring is 1. The smallest absolute Gasteiger partial charge is 0.129 e. The summed E-state index contributed by atoms with van der Waals surface area (Å²) in [5.74, 6) is -0.487. The molecule has 0 aromatic heterocycles. The summed E-state index contributed by atoms with van der Waals surface area (Å²) in [5.41, 5.74) is 11.4. The fraction of sp³-hybridized carbons (Fsp3) is 0.333. The zero-order chi connectivity index (χ0) is 10.0. The van der Waals surface area contributed by atoms with Crippen LogP contribution in [0.4, 0.5) is 10.1 Å². The van der Waals surface area contributed by atoms with Crippen molar-refractivity contribution in [3.8, 4) is 0 Å². The van der Waals surface area contributed by atoms with Gasteiger partial charge in [0.05, 0.1) is 6.10 Å². The summed E-state index contributed by atoms with van der Waals surface area (Å²) in [6, 6.07) is 3.53. The summed E-state index contributed by atoms with van der Waals surface area (Å²) in [6.45, 7) is 1.60. The third kappa shape index (κ3) is 2.17. The van der Waals surface area contributed by atoms with Crippen LogP contribution >= 0.6 is 0 Å². The summed E-state index contributed by atoms with van der Waals surface area (Å²) < 4.78 is 13.1. The first-order chi connectivity index (χ1) is 6.02. The topological polar surface area (TPSA) is 72.3 Å².